The van der Waals surface area contributed by atoms with Crippen LogP contribution in [0.15, 0.2) is 60.7 Å². The third kappa shape index (κ3) is 5.30. The number of hydrogen-bond acceptors (Lipinski definition) is 3. The van der Waals surface area contributed by atoms with Gasteiger partial charge in [0.05, 0.1) is 18.2 Å². The first kappa shape index (κ1) is 21.5. The molecule has 0 bridgehead atoms. The molecule has 4 nitrogen and oxygen atoms in total. The molecule has 1 heterocycles. The van der Waals surface area contributed by atoms with E-state index in [0.29, 0.717) is 39.3 Å². The van der Waals surface area contributed by atoms with Gasteiger partial charge in [-0.1, -0.05) is 35.3 Å². The Morgan fingerprint density at radius 3 is 2.58 bits per heavy atom. The average molecular weight is 460 g/mol. The van der Waals surface area contributed by atoms with Gasteiger partial charge in [-0.2, -0.15) is 0 Å². The van der Waals surface area contributed by atoms with Crippen molar-refractivity contribution < 1.29 is 18.7 Å². The SMILES string of the molecule is O=C(NCC(F)c1ccc(Cl)cc1)c1ccc(Oc2cc3c(cc2Cl)CCCO3)cc1. The van der Waals surface area contributed by atoms with Gasteiger partial charge >= 0.3 is 0 Å². The Morgan fingerprint density at radius 1 is 1.10 bits per heavy atom. The quantitative estimate of drug-likeness (QED) is 0.454. The molecule has 0 radical (unpaired) electrons. The van der Waals surface area contributed by atoms with Gasteiger partial charge in [-0.05, 0) is 66.4 Å². The molecule has 3 aromatic carbocycles. The largest absolute Gasteiger partial charge is 0.493 e. The van der Waals surface area contributed by atoms with Crippen molar-refractivity contribution in [2.24, 2.45) is 0 Å². The molecule has 0 saturated carbocycles. The lowest BCUT2D eigenvalue weighted by atomic mass is 10.1. The molecule has 1 aliphatic heterocycles. The van der Waals surface area contributed by atoms with E-state index in [1.165, 1.54) is 0 Å². The Morgan fingerprint density at radius 2 is 1.84 bits per heavy atom. The maximum absolute atomic E-state index is 14.3. The van der Waals surface area contributed by atoms with Gasteiger partial charge in [-0.25, -0.2) is 4.39 Å². The zero-order valence-corrected chi connectivity index (χ0v) is 18.0. The van der Waals surface area contributed by atoms with Crippen LogP contribution in [0.5, 0.6) is 17.2 Å². The average Bonchev–Trinajstić information content (AvgIpc) is 2.78. The molecule has 1 aliphatic rings. The maximum atomic E-state index is 14.3. The number of carbonyl (C=O) groups excluding carboxylic acids is 1. The second kappa shape index (κ2) is 9.58. The second-order valence-electron chi connectivity index (χ2n) is 7.20. The first-order chi connectivity index (χ1) is 15.0. The lowest BCUT2D eigenvalue weighted by Crippen LogP contribution is -2.27. The van der Waals surface area contributed by atoms with Gasteiger partial charge in [0.2, 0.25) is 0 Å². The Hall–Kier alpha value is -2.76. The Bertz CT molecular complexity index is 1070. The number of amides is 1. The molecule has 31 heavy (non-hydrogen) atoms. The van der Waals surface area contributed by atoms with Crippen LogP contribution in [0.2, 0.25) is 10.0 Å². The molecule has 1 N–H and O–H groups in total. The van der Waals surface area contributed by atoms with E-state index < -0.39 is 6.17 Å². The van der Waals surface area contributed by atoms with Crippen LogP contribution in [0.3, 0.4) is 0 Å². The fourth-order valence-corrected chi connectivity index (χ4v) is 3.65. The Balaban J connectivity index is 1.36. The molecule has 4 rings (SSSR count). The summed E-state index contributed by atoms with van der Waals surface area (Å²) >= 11 is 12.1. The van der Waals surface area contributed by atoms with Crippen molar-refractivity contribution >= 4 is 29.1 Å². The number of alkyl halides is 1. The highest BCUT2D eigenvalue weighted by Crippen LogP contribution is 2.37. The summed E-state index contributed by atoms with van der Waals surface area (Å²) in [5.41, 5.74) is 1.93. The van der Waals surface area contributed by atoms with Crippen molar-refractivity contribution in [3.63, 3.8) is 0 Å². The smallest absolute Gasteiger partial charge is 0.251 e. The summed E-state index contributed by atoms with van der Waals surface area (Å²) in [6.07, 6.45) is 0.574. The van der Waals surface area contributed by atoms with E-state index >= 15 is 0 Å². The molecule has 0 aliphatic carbocycles. The number of halogens is 3. The van der Waals surface area contributed by atoms with Gasteiger partial charge in [0, 0.05) is 16.7 Å². The highest BCUT2D eigenvalue weighted by molar-refractivity contribution is 6.32. The van der Waals surface area contributed by atoms with Crippen molar-refractivity contribution in [3.8, 4) is 17.2 Å². The lowest BCUT2D eigenvalue weighted by molar-refractivity contribution is 0.0942. The van der Waals surface area contributed by atoms with Crippen molar-refractivity contribution in [2.75, 3.05) is 13.2 Å². The molecule has 1 atom stereocenters. The molecular weight excluding hydrogens is 440 g/mol. The molecule has 1 unspecified atom stereocenters. The summed E-state index contributed by atoms with van der Waals surface area (Å²) in [7, 11) is 0. The van der Waals surface area contributed by atoms with E-state index in [1.807, 2.05) is 6.07 Å². The first-order valence-corrected chi connectivity index (χ1v) is 10.7. The highest BCUT2D eigenvalue weighted by atomic mass is 35.5. The van der Waals surface area contributed by atoms with Gasteiger partial charge in [-0.3, -0.25) is 4.79 Å². The number of nitrogens with one attached hydrogen (secondary N) is 1. The van der Waals surface area contributed by atoms with Crippen molar-refractivity contribution in [1.29, 1.82) is 0 Å². The van der Waals surface area contributed by atoms with Crippen LogP contribution in [0.4, 0.5) is 4.39 Å². The highest BCUT2D eigenvalue weighted by Gasteiger charge is 2.16. The maximum Gasteiger partial charge on any atom is 0.251 e. The number of fused-ring (bicyclic) bond motifs is 1. The third-order valence-electron chi connectivity index (χ3n) is 4.98. The van der Waals surface area contributed by atoms with E-state index in [9.17, 15) is 9.18 Å². The molecule has 3 aromatic rings. The van der Waals surface area contributed by atoms with Crippen LogP contribution < -0.4 is 14.8 Å². The number of benzene rings is 3. The molecule has 160 valence electrons. The topological polar surface area (TPSA) is 47.6 Å². The summed E-state index contributed by atoms with van der Waals surface area (Å²) < 4.78 is 25.8. The fourth-order valence-electron chi connectivity index (χ4n) is 3.30. The van der Waals surface area contributed by atoms with Crippen molar-refractivity contribution in [2.45, 2.75) is 19.0 Å². The number of hydrogen-bond donors (Lipinski definition) is 1. The van der Waals surface area contributed by atoms with Crippen LogP contribution in [0.1, 0.15) is 34.1 Å². The first-order valence-electron chi connectivity index (χ1n) is 9.90. The number of rotatable bonds is 6. The Kier molecular flexibility index (Phi) is 6.64. The van der Waals surface area contributed by atoms with Crippen LogP contribution >= 0.6 is 23.2 Å². The summed E-state index contributed by atoms with van der Waals surface area (Å²) in [6, 6.07) is 16.6. The van der Waals surface area contributed by atoms with Crippen LogP contribution in [-0.4, -0.2) is 19.1 Å². The molecular formula is C24H20Cl2FNO3. The number of aryl methyl sites for hydroxylation is 1. The van der Waals surface area contributed by atoms with Gasteiger partial charge in [-0.15, -0.1) is 0 Å². The normalized spacial score (nSPS) is 13.6. The van der Waals surface area contributed by atoms with E-state index in [-0.39, 0.29) is 12.5 Å². The van der Waals surface area contributed by atoms with Crippen LogP contribution in [0, 0.1) is 0 Å². The minimum Gasteiger partial charge on any atom is -0.493 e. The van der Waals surface area contributed by atoms with E-state index in [1.54, 1.807) is 54.6 Å². The fraction of sp³-hybridized carbons (Fsp3) is 0.208. The van der Waals surface area contributed by atoms with Gasteiger partial charge in [0.25, 0.3) is 5.91 Å². The predicted molar refractivity (Wildman–Crippen MR) is 119 cm³/mol. The van der Waals surface area contributed by atoms with Crippen molar-refractivity contribution in [1.82, 2.24) is 5.32 Å². The van der Waals surface area contributed by atoms with Gasteiger partial charge in [0.15, 0.2) is 0 Å². The lowest BCUT2D eigenvalue weighted by Gasteiger charge is -2.19. The zero-order valence-electron chi connectivity index (χ0n) is 16.5. The minimum absolute atomic E-state index is 0.135. The molecule has 7 heteroatoms. The van der Waals surface area contributed by atoms with Crippen molar-refractivity contribution in [3.05, 3.63) is 87.4 Å². The standard InChI is InChI=1S/C24H20Cl2FNO3/c25-18-7-3-15(4-8-18)21(27)14-28-24(29)16-5-9-19(10-6-16)31-23-13-22-17(12-20(23)26)2-1-11-30-22/h3-10,12-13,21H,1-2,11,14H2,(H,28,29). The molecule has 0 fully saturated rings. The minimum atomic E-state index is -1.32. The number of carbonyl (C=O) groups is 1. The summed E-state index contributed by atoms with van der Waals surface area (Å²) in [5.74, 6) is 1.42. The van der Waals surface area contributed by atoms with Crippen LogP contribution in [-0.2, 0) is 6.42 Å². The number of ether oxygens (including phenoxy) is 2. The Labute approximate surface area is 189 Å². The summed E-state index contributed by atoms with van der Waals surface area (Å²) in [5, 5.41) is 3.63. The third-order valence-corrected chi connectivity index (χ3v) is 5.53. The molecule has 0 aromatic heterocycles. The van der Waals surface area contributed by atoms with Crippen LogP contribution in [0.25, 0.3) is 0 Å². The predicted octanol–water partition coefficient (Wildman–Crippen LogP) is 6.55. The summed E-state index contributed by atoms with van der Waals surface area (Å²) in [4.78, 5) is 12.3. The van der Waals surface area contributed by atoms with Gasteiger partial charge < -0.3 is 14.8 Å². The van der Waals surface area contributed by atoms with E-state index in [4.69, 9.17) is 32.7 Å². The zero-order chi connectivity index (χ0) is 21.8. The molecule has 0 spiro atoms. The van der Waals surface area contributed by atoms with Gasteiger partial charge in [0.1, 0.15) is 23.4 Å². The van der Waals surface area contributed by atoms with E-state index in [0.717, 1.165) is 24.2 Å². The molecule has 1 amide bonds. The summed E-state index contributed by atoms with van der Waals surface area (Å²) in [6.45, 7) is 0.541. The monoisotopic (exact) mass is 459 g/mol. The van der Waals surface area contributed by atoms with E-state index in [2.05, 4.69) is 5.32 Å². The molecule has 0 saturated heterocycles. The second-order valence-corrected chi connectivity index (χ2v) is 8.04.